The van der Waals surface area contributed by atoms with Crippen LogP contribution in [0.25, 0.3) is 11.1 Å². The lowest BCUT2D eigenvalue weighted by molar-refractivity contribution is 0.0989. The average Bonchev–Trinajstić information content (AvgIpc) is 3.52. The van der Waals surface area contributed by atoms with Crippen LogP contribution >= 0.6 is 0 Å². The van der Waals surface area contributed by atoms with Crippen molar-refractivity contribution in [3.05, 3.63) is 226 Å². The normalized spacial score (nSPS) is 20.5. The standard InChI is InChI=1S/C42H30O2/c43-41(31-21-9-3-10-22-31)35-27-15-13-25-33(35)37(29-17-5-1-6-18-29)39(41)40-38(30-19-7-2-8-20-30)34-26-14-16-28-36(34)42(40,44)32-23-11-4-12-24-32/h1-28,43-44H. The summed E-state index contributed by atoms with van der Waals surface area (Å²) in [4.78, 5) is 0. The van der Waals surface area contributed by atoms with E-state index < -0.39 is 11.2 Å². The summed E-state index contributed by atoms with van der Waals surface area (Å²) in [6.45, 7) is 0. The molecule has 2 aliphatic carbocycles. The van der Waals surface area contributed by atoms with Crippen molar-refractivity contribution in [3.8, 4) is 0 Å². The van der Waals surface area contributed by atoms with Crippen LogP contribution in [0.5, 0.6) is 0 Å². The maximum Gasteiger partial charge on any atom is 0.142 e. The van der Waals surface area contributed by atoms with Gasteiger partial charge in [-0.3, -0.25) is 0 Å². The van der Waals surface area contributed by atoms with Gasteiger partial charge in [0.15, 0.2) is 0 Å². The van der Waals surface area contributed by atoms with Crippen LogP contribution < -0.4 is 0 Å². The molecule has 0 aliphatic heterocycles. The van der Waals surface area contributed by atoms with E-state index in [0.29, 0.717) is 11.1 Å². The molecule has 2 unspecified atom stereocenters. The Labute approximate surface area is 257 Å². The van der Waals surface area contributed by atoms with Crippen LogP contribution in [0.1, 0.15) is 44.5 Å². The third-order valence-corrected chi connectivity index (χ3v) is 9.15. The van der Waals surface area contributed by atoms with Crippen molar-refractivity contribution in [1.29, 1.82) is 0 Å². The molecular formula is C42H30O2. The Balaban J connectivity index is 1.61. The molecule has 2 heteroatoms. The summed E-state index contributed by atoms with van der Waals surface area (Å²) in [5.74, 6) is 0. The summed E-state index contributed by atoms with van der Waals surface area (Å²) >= 11 is 0. The summed E-state index contributed by atoms with van der Waals surface area (Å²) in [5, 5.41) is 27.0. The van der Waals surface area contributed by atoms with E-state index in [-0.39, 0.29) is 0 Å². The number of hydrogen-bond donors (Lipinski definition) is 2. The van der Waals surface area contributed by atoms with Crippen molar-refractivity contribution < 1.29 is 10.2 Å². The van der Waals surface area contributed by atoms with E-state index in [9.17, 15) is 10.2 Å². The summed E-state index contributed by atoms with van der Waals surface area (Å²) in [5.41, 5.74) is 7.06. The molecule has 2 N–H and O–H groups in total. The molecule has 44 heavy (non-hydrogen) atoms. The molecular weight excluding hydrogens is 536 g/mol. The van der Waals surface area contributed by atoms with Crippen LogP contribution in [0.15, 0.2) is 181 Å². The fourth-order valence-electron chi connectivity index (χ4n) is 7.31. The lowest BCUT2D eigenvalue weighted by Gasteiger charge is -2.37. The van der Waals surface area contributed by atoms with Gasteiger partial charge in [0.1, 0.15) is 11.2 Å². The molecule has 2 atom stereocenters. The molecule has 0 aromatic heterocycles. The zero-order valence-electron chi connectivity index (χ0n) is 24.1. The first kappa shape index (κ1) is 26.4. The van der Waals surface area contributed by atoms with E-state index in [1.165, 1.54) is 0 Å². The van der Waals surface area contributed by atoms with Crippen LogP contribution in [-0.4, -0.2) is 10.2 Å². The van der Waals surface area contributed by atoms with Crippen molar-refractivity contribution in [2.24, 2.45) is 0 Å². The SMILES string of the molecule is OC1(c2ccccc2)C(C2=C(c3ccccc3)c3ccccc3C2(O)c2ccccc2)=C(c2ccccc2)c2ccccc21. The second-order valence-electron chi connectivity index (χ2n) is 11.5. The maximum absolute atomic E-state index is 13.5. The van der Waals surface area contributed by atoms with Gasteiger partial charge >= 0.3 is 0 Å². The predicted octanol–water partition coefficient (Wildman–Crippen LogP) is 8.49. The quantitative estimate of drug-likeness (QED) is 0.220. The van der Waals surface area contributed by atoms with Gasteiger partial charge in [0, 0.05) is 22.3 Å². The Hall–Kier alpha value is -5.28. The Bertz CT molecular complexity index is 1910. The lowest BCUT2D eigenvalue weighted by Crippen LogP contribution is -2.36. The second-order valence-corrected chi connectivity index (χ2v) is 11.5. The number of benzene rings is 6. The third kappa shape index (κ3) is 3.69. The van der Waals surface area contributed by atoms with Gasteiger partial charge in [0.05, 0.1) is 0 Å². The van der Waals surface area contributed by atoms with E-state index in [4.69, 9.17) is 0 Å². The van der Waals surface area contributed by atoms with Gasteiger partial charge in [-0.2, -0.15) is 0 Å². The van der Waals surface area contributed by atoms with Crippen molar-refractivity contribution in [2.45, 2.75) is 11.2 Å². The molecule has 6 aromatic rings. The van der Waals surface area contributed by atoms with Crippen LogP contribution in [-0.2, 0) is 11.2 Å². The van der Waals surface area contributed by atoms with Crippen LogP contribution in [0, 0.1) is 0 Å². The predicted molar refractivity (Wildman–Crippen MR) is 177 cm³/mol. The molecule has 0 saturated carbocycles. The topological polar surface area (TPSA) is 40.5 Å². The van der Waals surface area contributed by atoms with E-state index in [1.807, 2.05) is 133 Å². The van der Waals surface area contributed by atoms with E-state index in [2.05, 4.69) is 36.4 Å². The van der Waals surface area contributed by atoms with Gasteiger partial charge < -0.3 is 10.2 Å². The highest BCUT2D eigenvalue weighted by Crippen LogP contribution is 2.62. The first-order valence-corrected chi connectivity index (χ1v) is 15.0. The lowest BCUT2D eigenvalue weighted by atomic mass is 9.72. The van der Waals surface area contributed by atoms with E-state index >= 15 is 0 Å². The molecule has 0 fully saturated rings. The molecule has 0 spiro atoms. The summed E-state index contributed by atoms with van der Waals surface area (Å²) in [6, 6.07) is 56.5. The smallest absolute Gasteiger partial charge is 0.142 e. The zero-order valence-corrected chi connectivity index (χ0v) is 24.1. The van der Waals surface area contributed by atoms with Gasteiger partial charge in [-0.25, -0.2) is 0 Å². The van der Waals surface area contributed by atoms with Gasteiger partial charge in [-0.05, 0) is 44.5 Å². The van der Waals surface area contributed by atoms with E-state index in [0.717, 1.165) is 55.7 Å². The minimum Gasteiger partial charge on any atom is -0.376 e. The fourth-order valence-corrected chi connectivity index (χ4v) is 7.31. The Morgan fingerprint density at radius 3 is 0.977 bits per heavy atom. The van der Waals surface area contributed by atoms with Gasteiger partial charge in [-0.15, -0.1) is 0 Å². The molecule has 0 saturated heterocycles. The van der Waals surface area contributed by atoms with Crippen molar-refractivity contribution in [1.82, 2.24) is 0 Å². The highest BCUT2D eigenvalue weighted by atomic mass is 16.3. The van der Waals surface area contributed by atoms with Crippen molar-refractivity contribution in [3.63, 3.8) is 0 Å². The number of rotatable bonds is 5. The Morgan fingerprint density at radius 2 is 0.614 bits per heavy atom. The molecule has 2 nitrogen and oxygen atoms in total. The maximum atomic E-state index is 13.5. The Morgan fingerprint density at radius 1 is 0.318 bits per heavy atom. The van der Waals surface area contributed by atoms with Gasteiger partial charge in [0.25, 0.3) is 0 Å². The monoisotopic (exact) mass is 566 g/mol. The number of fused-ring (bicyclic) bond motifs is 2. The van der Waals surface area contributed by atoms with Crippen molar-refractivity contribution >= 4 is 11.1 Å². The Kier molecular flexibility index (Phi) is 6.09. The highest BCUT2D eigenvalue weighted by molar-refractivity contribution is 6.01. The van der Waals surface area contributed by atoms with Gasteiger partial charge in [0.2, 0.25) is 0 Å². The minimum atomic E-state index is -1.55. The first-order valence-electron chi connectivity index (χ1n) is 15.0. The summed E-state index contributed by atoms with van der Waals surface area (Å²) < 4.78 is 0. The molecule has 0 heterocycles. The van der Waals surface area contributed by atoms with Gasteiger partial charge in [-0.1, -0.05) is 170 Å². The third-order valence-electron chi connectivity index (χ3n) is 9.15. The fraction of sp³-hybridized carbons (Fsp3) is 0.0476. The van der Waals surface area contributed by atoms with Crippen LogP contribution in [0.2, 0.25) is 0 Å². The van der Waals surface area contributed by atoms with Crippen LogP contribution in [0.4, 0.5) is 0 Å². The van der Waals surface area contributed by atoms with Crippen molar-refractivity contribution in [2.75, 3.05) is 0 Å². The minimum absolute atomic E-state index is 0.692. The summed E-state index contributed by atoms with van der Waals surface area (Å²) in [7, 11) is 0. The second kappa shape index (κ2) is 10.2. The average molecular weight is 567 g/mol. The molecule has 0 bridgehead atoms. The molecule has 2 aliphatic rings. The molecule has 0 amide bonds. The number of hydrogen-bond acceptors (Lipinski definition) is 2. The van der Waals surface area contributed by atoms with E-state index in [1.54, 1.807) is 0 Å². The highest BCUT2D eigenvalue weighted by Gasteiger charge is 2.55. The molecule has 0 radical (unpaired) electrons. The first-order chi connectivity index (χ1) is 21.6. The molecule has 210 valence electrons. The van der Waals surface area contributed by atoms with Crippen LogP contribution in [0.3, 0.4) is 0 Å². The number of aliphatic hydroxyl groups is 2. The molecule has 6 aromatic carbocycles. The largest absolute Gasteiger partial charge is 0.376 e. The summed E-state index contributed by atoms with van der Waals surface area (Å²) in [6.07, 6.45) is 0. The molecule has 8 rings (SSSR count). The zero-order chi connectivity index (χ0) is 29.7.